The molecule has 3 aromatic rings. The molecule has 22 heavy (non-hydrogen) atoms. The van der Waals surface area contributed by atoms with Gasteiger partial charge in [-0.05, 0) is 0 Å². The van der Waals surface area contributed by atoms with Crippen molar-refractivity contribution in [2.45, 2.75) is 0 Å². The van der Waals surface area contributed by atoms with E-state index in [4.69, 9.17) is 11.6 Å². The summed E-state index contributed by atoms with van der Waals surface area (Å²) in [5.41, 5.74) is -0.500. The van der Waals surface area contributed by atoms with Crippen molar-refractivity contribution in [1.82, 2.24) is 19.6 Å². The zero-order chi connectivity index (χ0) is 16.0. The minimum absolute atomic E-state index is 0.0281. The first kappa shape index (κ1) is 14.6. The van der Waals surface area contributed by atoms with E-state index in [2.05, 4.69) is 15.1 Å². The summed E-state index contributed by atoms with van der Waals surface area (Å²) < 4.78 is 42.6. The number of nitrogens with zero attached hydrogens (tertiary/aromatic N) is 5. The fraction of sp³-hybridized carbons (Fsp3) is 0.154. The van der Waals surface area contributed by atoms with Crippen LogP contribution in [0, 0.1) is 17.5 Å². The van der Waals surface area contributed by atoms with E-state index >= 15 is 0 Å². The Morgan fingerprint density at radius 2 is 1.73 bits per heavy atom. The van der Waals surface area contributed by atoms with Gasteiger partial charge in [0.15, 0.2) is 0 Å². The van der Waals surface area contributed by atoms with Crippen molar-refractivity contribution in [3.8, 4) is 11.1 Å². The van der Waals surface area contributed by atoms with E-state index in [1.165, 1.54) is 10.8 Å². The number of halogens is 4. The van der Waals surface area contributed by atoms with Gasteiger partial charge in [-0.25, -0.2) is 13.2 Å². The van der Waals surface area contributed by atoms with E-state index in [9.17, 15) is 13.2 Å². The number of rotatable bonds is 2. The van der Waals surface area contributed by atoms with Crippen molar-refractivity contribution in [3.05, 3.63) is 41.1 Å². The Morgan fingerprint density at radius 1 is 1.09 bits per heavy atom. The Kier molecular flexibility index (Phi) is 3.40. The molecule has 0 fully saturated rings. The van der Waals surface area contributed by atoms with Crippen LogP contribution in [0.15, 0.2) is 18.5 Å². The maximum atomic E-state index is 14.1. The number of fused-ring (bicyclic) bond motifs is 1. The Bertz CT molecular complexity index is 854. The minimum atomic E-state index is -1.08. The van der Waals surface area contributed by atoms with Crippen LogP contribution in [0.1, 0.15) is 0 Å². The van der Waals surface area contributed by atoms with Gasteiger partial charge in [-0.3, -0.25) is 0 Å². The number of aromatic nitrogens is 4. The molecule has 2 heterocycles. The Hall–Kier alpha value is -2.35. The maximum Gasteiger partial charge on any atom is 0.255 e. The third-order valence-electron chi connectivity index (χ3n) is 3.04. The molecule has 0 radical (unpaired) electrons. The third-order valence-corrected chi connectivity index (χ3v) is 3.31. The average molecular weight is 328 g/mol. The van der Waals surface area contributed by atoms with Gasteiger partial charge in [0.1, 0.15) is 34.7 Å². The molecular weight excluding hydrogens is 319 g/mol. The minimum Gasteiger partial charge on any atom is -0.362 e. The summed E-state index contributed by atoms with van der Waals surface area (Å²) in [6, 6.07) is 1.17. The molecule has 0 spiro atoms. The highest BCUT2D eigenvalue weighted by atomic mass is 35.5. The zero-order valence-electron chi connectivity index (χ0n) is 11.5. The predicted octanol–water partition coefficient (Wildman–Crippen LogP) is 2.93. The molecule has 3 rings (SSSR count). The summed E-state index contributed by atoms with van der Waals surface area (Å²) in [4.78, 5) is 9.42. The number of hydrogen-bond donors (Lipinski definition) is 0. The molecule has 0 atom stereocenters. The van der Waals surface area contributed by atoms with Crippen molar-refractivity contribution >= 4 is 23.2 Å². The molecule has 0 bridgehead atoms. The first-order valence-corrected chi connectivity index (χ1v) is 6.49. The van der Waals surface area contributed by atoms with Crippen LogP contribution in [-0.4, -0.2) is 33.7 Å². The lowest BCUT2D eigenvalue weighted by Crippen LogP contribution is -2.17. The van der Waals surface area contributed by atoms with Gasteiger partial charge in [-0.2, -0.15) is 19.6 Å². The molecule has 0 aliphatic carbocycles. The summed E-state index contributed by atoms with van der Waals surface area (Å²) in [5, 5.41) is 3.81. The van der Waals surface area contributed by atoms with E-state index in [1.807, 2.05) is 0 Å². The maximum absolute atomic E-state index is 14.1. The first-order valence-electron chi connectivity index (χ1n) is 6.11. The lowest BCUT2D eigenvalue weighted by atomic mass is 10.1. The Balaban J connectivity index is 2.45. The second kappa shape index (κ2) is 5.13. The molecule has 5 nitrogen and oxygen atoms in total. The van der Waals surface area contributed by atoms with Crippen molar-refractivity contribution in [3.63, 3.8) is 0 Å². The van der Waals surface area contributed by atoms with Crippen LogP contribution >= 0.6 is 11.6 Å². The van der Waals surface area contributed by atoms with E-state index in [-0.39, 0.29) is 22.3 Å². The molecule has 0 saturated heterocycles. The van der Waals surface area contributed by atoms with Crippen molar-refractivity contribution in [2.24, 2.45) is 0 Å². The van der Waals surface area contributed by atoms with Crippen LogP contribution < -0.4 is 4.90 Å². The molecular formula is C13H9ClF3N5. The summed E-state index contributed by atoms with van der Waals surface area (Å²) in [6.45, 7) is 0. The highest BCUT2D eigenvalue weighted by Crippen LogP contribution is 2.38. The van der Waals surface area contributed by atoms with Crippen LogP contribution in [0.4, 0.5) is 19.0 Å². The lowest BCUT2D eigenvalue weighted by molar-refractivity contribution is 0.548. The van der Waals surface area contributed by atoms with Gasteiger partial charge in [-0.1, -0.05) is 11.6 Å². The van der Waals surface area contributed by atoms with Crippen LogP contribution in [0.5, 0.6) is 0 Å². The summed E-state index contributed by atoms with van der Waals surface area (Å²) >= 11 is 6.08. The fourth-order valence-electron chi connectivity index (χ4n) is 2.21. The summed E-state index contributed by atoms with van der Waals surface area (Å²) in [6.07, 6.45) is 1.24. The molecule has 0 aliphatic heterocycles. The monoisotopic (exact) mass is 327 g/mol. The van der Waals surface area contributed by atoms with Crippen molar-refractivity contribution < 1.29 is 13.2 Å². The van der Waals surface area contributed by atoms with Crippen LogP contribution in [-0.2, 0) is 0 Å². The predicted molar refractivity (Wildman–Crippen MR) is 75.4 cm³/mol. The van der Waals surface area contributed by atoms with Gasteiger partial charge in [0, 0.05) is 26.2 Å². The SMILES string of the molecule is CN(C)c1c(-c2c(F)cc(F)cc2F)c(Cl)nc2ncnn12. The third kappa shape index (κ3) is 2.16. The highest BCUT2D eigenvalue weighted by molar-refractivity contribution is 6.33. The first-order chi connectivity index (χ1) is 10.4. The number of benzene rings is 1. The second-order valence-corrected chi connectivity index (χ2v) is 5.07. The van der Waals surface area contributed by atoms with Crippen LogP contribution in [0.25, 0.3) is 16.9 Å². The van der Waals surface area contributed by atoms with Gasteiger partial charge in [0.05, 0.1) is 11.1 Å². The zero-order valence-corrected chi connectivity index (χ0v) is 12.2. The van der Waals surface area contributed by atoms with Crippen molar-refractivity contribution in [1.29, 1.82) is 0 Å². The standard InChI is InChI=1S/C13H9ClF3N5/c1-21(2)12-10(9-7(16)3-6(15)4-8(9)17)11(14)20-13-18-5-19-22(12)13/h3-5H,1-2H3. The van der Waals surface area contributed by atoms with E-state index in [1.54, 1.807) is 19.0 Å². The molecule has 0 amide bonds. The largest absolute Gasteiger partial charge is 0.362 e. The van der Waals surface area contributed by atoms with Crippen LogP contribution in [0.2, 0.25) is 5.15 Å². The normalized spacial score (nSPS) is 11.2. The van der Waals surface area contributed by atoms with Gasteiger partial charge in [0.2, 0.25) is 0 Å². The molecule has 0 saturated carbocycles. The van der Waals surface area contributed by atoms with Gasteiger partial charge >= 0.3 is 0 Å². The number of hydrogen-bond acceptors (Lipinski definition) is 4. The highest BCUT2D eigenvalue weighted by Gasteiger charge is 2.24. The second-order valence-electron chi connectivity index (χ2n) is 4.71. The van der Waals surface area contributed by atoms with Gasteiger partial charge < -0.3 is 4.90 Å². The molecule has 114 valence electrons. The fourth-order valence-corrected chi connectivity index (χ4v) is 2.47. The molecule has 1 aromatic carbocycles. The lowest BCUT2D eigenvalue weighted by Gasteiger charge is -2.19. The Morgan fingerprint density at radius 3 is 2.32 bits per heavy atom. The average Bonchev–Trinajstić information content (AvgIpc) is 2.84. The van der Waals surface area contributed by atoms with Crippen molar-refractivity contribution in [2.75, 3.05) is 19.0 Å². The quantitative estimate of drug-likeness (QED) is 0.679. The van der Waals surface area contributed by atoms with E-state index in [0.29, 0.717) is 12.1 Å². The van der Waals surface area contributed by atoms with E-state index < -0.39 is 23.0 Å². The molecule has 0 unspecified atom stereocenters. The van der Waals surface area contributed by atoms with Crippen LogP contribution in [0.3, 0.4) is 0 Å². The number of anilines is 1. The Labute approximate surface area is 128 Å². The smallest absolute Gasteiger partial charge is 0.255 e. The molecule has 0 N–H and O–H groups in total. The molecule has 9 heteroatoms. The summed E-state index contributed by atoms with van der Waals surface area (Å²) in [7, 11) is 3.30. The topological polar surface area (TPSA) is 46.3 Å². The van der Waals surface area contributed by atoms with E-state index in [0.717, 1.165) is 0 Å². The summed E-state index contributed by atoms with van der Waals surface area (Å²) in [5.74, 6) is -2.72. The van der Waals surface area contributed by atoms with Gasteiger partial charge in [0.25, 0.3) is 5.78 Å². The molecule has 0 aliphatic rings. The molecule has 2 aromatic heterocycles. The van der Waals surface area contributed by atoms with Gasteiger partial charge in [-0.15, -0.1) is 0 Å².